The van der Waals surface area contributed by atoms with Gasteiger partial charge in [-0.3, -0.25) is 5.23 Å². The molecule has 1 aliphatic rings. The summed E-state index contributed by atoms with van der Waals surface area (Å²) in [5, 5.41) is 19.7. The molecular formula is C13H17N2O4-. The van der Waals surface area contributed by atoms with Crippen LogP contribution in [0.4, 0.5) is 4.79 Å². The topological polar surface area (TPSA) is 76.1 Å². The highest BCUT2D eigenvalue weighted by molar-refractivity contribution is 5.67. The maximum absolute atomic E-state index is 11.8. The number of hydrogen-bond donors (Lipinski definition) is 1. The van der Waals surface area contributed by atoms with Crippen molar-refractivity contribution in [2.45, 2.75) is 25.5 Å². The Morgan fingerprint density at radius 1 is 1.47 bits per heavy atom. The van der Waals surface area contributed by atoms with Crippen LogP contribution in [0.2, 0.25) is 0 Å². The van der Waals surface area contributed by atoms with Crippen molar-refractivity contribution < 1.29 is 14.7 Å². The maximum atomic E-state index is 11.8. The molecule has 1 saturated heterocycles. The molecule has 2 rings (SSSR count). The largest absolute Gasteiger partial charge is 0.762 e. The Labute approximate surface area is 111 Å². The number of piperidine rings is 1. The molecule has 1 aliphatic heterocycles. The fourth-order valence-electron chi connectivity index (χ4n) is 2.11. The van der Waals surface area contributed by atoms with E-state index < -0.39 is 12.1 Å². The molecule has 0 aliphatic carbocycles. The molecule has 0 saturated carbocycles. The van der Waals surface area contributed by atoms with Crippen LogP contribution in [-0.4, -0.2) is 40.6 Å². The Morgan fingerprint density at radius 2 is 2.21 bits per heavy atom. The van der Waals surface area contributed by atoms with Crippen LogP contribution in [-0.2, 0) is 11.3 Å². The highest BCUT2D eigenvalue weighted by atomic mass is 16.8. The molecule has 1 N–H and O–H groups in total. The number of likely N-dealkylation sites (tertiary alicyclic amines) is 1. The van der Waals surface area contributed by atoms with Gasteiger partial charge in [-0.2, -0.15) is 0 Å². The normalized spacial score (nSPS) is 19.5. The molecule has 0 unspecified atom stereocenters. The van der Waals surface area contributed by atoms with E-state index in [0.717, 1.165) is 5.56 Å². The lowest BCUT2D eigenvalue weighted by Crippen LogP contribution is -2.47. The van der Waals surface area contributed by atoms with Crippen LogP contribution in [0.5, 0.6) is 0 Å². The average molecular weight is 265 g/mol. The van der Waals surface area contributed by atoms with Crippen molar-refractivity contribution >= 4 is 6.09 Å². The smallest absolute Gasteiger partial charge is 0.410 e. The molecule has 6 nitrogen and oxygen atoms in total. The van der Waals surface area contributed by atoms with Gasteiger partial charge in [-0.15, -0.1) is 0 Å². The number of carbonyl (C=O) groups is 1. The van der Waals surface area contributed by atoms with Gasteiger partial charge in [0.25, 0.3) is 0 Å². The summed E-state index contributed by atoms with van der Waals surface area (Å²) in [4.78, 5) is 13.3. The lowest BCUT2D eigenvalue weighted by molar-refractivity contribution is -0.0952. The predicted octanol–water partition coefficient (Wildman–Crippen LogP) is 1.98. The molecule has 0 bridgehead atoms. The summed E-state index contributed by atoms with van der Waals surface area (Å²) in [6.07, 6.45) is 0.822. The lowest BCUT2D eigenvalue weighted by atomic mass is 10.1. The third kappa shape index (κ3) is 3.92. The van der Waals surface area contributed by atoms with Gasteiger partial charge in [0.2, 0.25) is 0 Å². The standard InChI is InChI=1S/C13H17N2O4/c16-13(19-10-11-5-2-1-3-6-11)14-8-4-7-12(9-14)15(17)18/h1-3,5-6,12,17H,4,7-10H2/q-1/t12-/m1/s1. The summed E-state index contributed by atoms with van der Waals surface area (Å²) in [6.45, 7) is 0.965. The molecule has 1 aromatic rings. The second-order valence-electron chi connectivity index (χ2n) is 4.58. The van der Waals surface area contributed by atoms with E-state index in [1.54, 1.807) is 0 Å². The quantitative estimate of drug-likeness (QED) is 0.846. The van der Waals surface area contributed by atoms with Crippen molar-refractivity contribution in [3.63, 3.8) is 0 Å². The first-order chi connectivity index (χ1) is 9.16. The summed E-state index contributed by atoms with van der Waals surface area (Å²) >= 11 is 0. The zero-order valence-electron chi connectivity index (χ0n) is 10.6. The van der Waals surface area contributed by atoms with Gasteiger partial charge < -0.3 is 20.1 Å². The van der Waals surface area contributed by atoms with Crippen LogP contribution < -0.4 is 0 Å². The van der Waals surface area contributed by atoms with E-state index in [1.165, 1.54) is 4.90 Å². The second kappa shape index (κ2) is 6.51. The zero-order chi connectivity index (χ0) is 13.7. The van der Waals surface area contributed by atoms with E-state index in [4.69, 9.17) is 9.94 Å². The van der Waals surface area contributed by atoms with Gasteiger partial charge in [0.05, 0.1) is 0 Å². The molecule has 1 heterocycles. The van der Waals surface area contributed by atoms with Crippen LogP contribution >= 0.6 is 0 Å². The molecule has 6 heteroatoms. The first-order valence-electron chi connectivity index (χ1n) is 6.27. The minimum atomic E-state index is -0.557. The van der Waals surface area contributed by atoms with Crippen LogP contribution in [0, 0.1) is 5.21 Å². The number of nitrogens with zero attached hydrogens (tertiary/aromatic N) is 2. The third-order valence-electron chi connectivity index (χ3n) is 3.17. The minimum absolute atomic E-state index is 0.0728. The SMILES string of the molecule is O=C(OCc1ccccc1)N1CCC[C@@H](N([O-])O)C1. The number of amides is 1. The molecule has 1 amide bonds. The Hall–Kier alpha value is -1.63. The molecular weight excluding hydrogens is 248 g/mol. The van der Waals surface area contributed by atoms with Gasteiger partial charge in [-0.1, -0.05) is 30.3 Å². The van der Waals surface area contributed by atoms with Crippen molar-refractivity contribution in [3.05, 3.63) is 41.1 Å². The van der Waals surface area contributed by atoms with E-state index >= 15 is 0 Å². The zero-order valence-corrected chi connectivity index (χ0v) is 10.6. The Kier molecular flexibility index (Phi) is 4.73. The first kappa shape index (κ1) is 13.8. The average Bonchev–Trinajstić information content (AvgIpc) is 2.46. The fourth-order valence-corrected chi connectivity index (χ4v) is 2.11. The molecule has 104 valence electrons. The number of rotatable bonds is 3. The van der Waals surface area contributed by atoms with Gasteiger partial charge in [-0.05, 0) is 18.4 Å². The summed E-state index contributed by atoms with van der Waals surface area (Å²) in [7, 11) is 0. The Morgan fingerprint density at radius 3 is 2.89 bits per heavy atom. The maximum Gasteiger partial charge on any atom is 0.410 e. The van der Waals surface area contributed by atoms with E-state index in [0.29, 0.717) is 19.4 Å². The minimum Gasteiger partial charge on any atom is -0.762 e. The van der Waals surface area contributed by atoms with E-state index in [9.17, 15) is 10.0 Å². The van der Waals surface area contributed by atoms with Crippen molar-refractivity contribution in [2.75, 3.05) is 13.1 Å². The highest BCUT2D eigenvalue weighted by Crippen LogP contribution is 2.15. The van der Waals surface area contributed by atoms with Crippen molar-refractivity contribution in [2.24, 2.45) is 0 Å². The molecule has 0 aromatic heterocycles. The van der Waals surface area contributed by atoms with Crippen LogP contribution in [0.3, 0.4) is 0 Å². The Bertz CT molecular complexity index is 410. The van der Waals surface area contributed by atoms with Gasteiger partial charge in [0.1, 0.15) is 6.61 Å². The summed E-state index contributed by atoms with van der Waals surface area (Å²) in [5.74, 6) is 0. The highest BCUT2D eigenvalue weighted by Gasteiger charge is 2.25. The monoisotopic (exact) mass is 265 g/mol. The number of carbonyl (C=O) groups excluding carboxylic acids is 1. The second-order valence-corrected chi connectivity index (χ2v) is 4.58. The van der Waals surface area contributed by atoms with Gasteiger partial charge in [0.15, 0.2) is 0 Å². The fraction of sp³-hybridized carbons (Fsp3) is 0.462. The van der Waals surface area contributed by atoms with Crippen molar-refractivity contribution in [1.29, 1.82) is 0 Å². The number of hydrogen-bond acceptors (Lipinski definition) is 5. The molecule has 1 atom stereocenters. The van der Waals surface area contributed by atoms with Crippen LogP contribution in [0.25, 0.3) is 0 Å². The molecule has 0 radical (unpaired) electrons. The third-order valence-corrected chi connectivity index (χ3v) is 3.17. The summed E-state index contributed by atoms with van der Waals surface area (Å²) in [6, 6.07) is 8.84. The molecule has 0 spiro atoms. The molecule has 1 aromatic carbocycles. The van der Waals surface area contributed by atoms with Crippen molar-refractivity contribution in [1.82, 2.24) is 10.1 Å². The predicted molar refractivity (Wildman–Crippen MR) is 68.2 cm³/mol. The number of hydroxylamine groups is 2. The summed E-state index contributed by atoms with van der Waals surface area (Å²) in [5.41, 5.74) is 0.914. The van der Waals surface area contributed by atoms with E-state index in [1.807, 2.05) is 30.3 Å². The van der Waals surface area contributed by atoms with Crippen LogP contribution in [0.1, 0.15) is 18.4 Å². The van der Waals surface area contributed by atoms with Gasteiger partial charge in [-0.25, -0.2) is 4.79 Å². The number of benzene rings is 1. The first-order valence-corrected chi connectivity index (χ1v) is 6.27. The van der Waals surface area contributed by atoms with Crippen LogP contribution in [0.15, 0.2) is 30.3 Å². The van der Waals surface area contributed by atoms with E-state index in [-0.39, 0.29) is 18.4 Å². The Balaban J connectivity index is 1.83. The molecule has 1 fully saturated rings. The van der Waals surface area contributed by atoms with Gasteiger partial charge >= 0.3 is 6.09 Å². The van der Waals surface area contributed by atoms with Crippen molar-refractivity contribution in [3.8, 4) is 0 Å². The van der Waals surface area contributed by atoms with Gasteiger partial charge in [0, 0.05) is 19.1 Å². The van der Waals surface area contributed by atoms with E-state index in [2.05, 4.69) is 0 Å². The lowest BCUT2D eigenvalue weighted by Gasteiger charge is -2.38. The number of ether oxygens (including phenoxy) is 1. The summed E-state index contributed by atoms with van der Waals surface area (Å²) < 4.78 is 5.18. The molecule has 19 heavy (non-hydrogen) atoms.